The standard InChI is InChI=1S/C51H53F2N11O5/c1-26-18-33(19-27(2)42(26)52)64-45(61-16-15-60(49(61)67)39-11-10-37-34(43(39)53)25-55-59(37)7)41-29(4)62(38-12-14-54-24-35(38)44(41)57-64)46(65)40-21-32-20-30(31-13-17-68-50(5,6)23-31)8-9-36(32)63(40)51(22-28(51)3)47-56-48(66)69-58-47/h8-11,15-16,18-21,25,28-29,31,35,38,54H,12-14,17,22-24H2,1-7H3,(H,56,58,66)/t28-,29-,31-,35?,38?,51-/m0/s1. The number of halogens is 2. The Labute approximate surface area is 394 Å². The molecule has 3 fully saturated rings. The van der Waals surface area contributed by atoms with Crippen LogP contribution < -0.4 is 16.8 Å². The zero-order valence-electron chi connectivity index (χ0n) is 39.5. The Bertz CT molecular complexity index is 3530. The molecule has 2 unspecified atom stereocenters. The quantitative estimate of drug-likeness (QED) is 0.166. The Morgan fingerprint density at radius 3 is 2.41 bits per heavy atom. The highest BCUT2D eigenvalue weighted by Gasteiger charge is 2.59. The Kier molecular flexibility index (Phi) is 9.61. The second-order valence-corrected chi connectivity index (χ2v) is 20.4. The predicted molar refractivity (Wildman–Crippen MR) is 253 cm³/mol. The van der Waals surface area contributed by atoms with Crippen LogP contribution in [0.1, 0.15) is 116 Å². The molecule has 0 radical (unpaired) electrons. The Balaban J connectivity index is 1.05. The molecule has 8 heterocycles. The molecule has 2 saturated heterocycles. The van der Waals surface area contributed by atoms with Crippen LogP contribution in [0.4, 0.5) is 8.78 Å². The van der Waals surface area contributed by atoms with Gasteiger partial charge in [0.15, 0.2) is 11.6 Å². The van der Waals surface area contributed by atoms with Crippen LogP contribution in [0.25, 0.3) is 39.0 Å². The number of nitrogens with zero attached hydrogens (tertiary/aromatic N) is 9. The van der Waals surface area contributed by atoms with Gasteiger partial charge >= 0.3 is 11.4 Å². The van der Waals surface area contributed by atoms with Crippen molar-refractivity contribution in [3.63, 3.8) is 0 Å². The Morgan fingerprint density at radius 1 is 0.928 bits per heavy atom. The van der Waals surface area contributed by atoms with E-state index in [1.807, 2.05) is 17.9 Å². The monoisotopic (exact) mass is 937 g/mol. The highest BCUT2D eigenvalue weighted by atomic mass is 19.1. The van der Waals surface area contributed by atoms with Crippen molar-refractivity contribution in [3.05, 3.63) is 139 Å². The summed E-state index contributed by atoms with van der Waals surface area (Å²) in [4.78, 5) is 48.5. The van der Waals surface area contributed by atoms with Crippen LogP contribution in [-0.2, 0) is 17.3 Å². The van der Waals surface area contributed by atoms with E-state index < -0.39 is 28.8 Å². The van der Waals surface area contributed by atoms with Gasteiger partial charge in [-0.3, -0.25) is 28.1 Å². The van der Waals surface area contributed by atoms with Gasteiger partial charge in [0.05, 0.1) is 45.8 Å². The van der Waals surface area contributed by atoms with Gasteiger partial charge in [-0.25, -0.2) is 23.1 Å². The third-order valence-corrected chi connectivity index (χ3v) is 15.7. The fourth-order valence-corrected chi connectivity index (χ4v) is 12.2. The van der Waals surface area contributed by atoms with E-state index in [1.165, 1.54) is 21.5 Å². The van der Waals surface area contributed by atoms with Crippen LogP contribution in [-0.4, -0.2) is 85.5 Å². The van der Waals surface area contributed by atoms with Gasteiger partial charge in [-0.15, -0.1) is 0 Å². The molecule has 2 N–H and O–H groups in total. The number of aromatic amines is 1. The lowest BCUT2D eigenvalue weighted by Gasteiger charge is -2.47. The molecule has 0 bridgehead atoms. The summed E-state index contributed by atoms with van der Waals surface area (Å²) in [5, 5.41) is 18.5. The van der Waals surface area contributed by atoms with Crippen molar-refractivity contribution < 1.29 is 22.8 Å². The summed E-state index contributed by atoms with van der Waals surface area (Å²) in [5.41, 5.74) is 3.99. The SMILES string of the molecule is Cc1cc(-n2nc3c(c2-n2ccn(-c4ccc5c(cnn5C)c4F)c2=O)[C@H](C)N(C(=O)c2cc4cc([C@H]5CCOC(C)(C)C5)ccc4n2[C@@]2(c4noc(=O)[nH]4)C[C@@H]2C)C2CCNCC32)cc(C)c1F. The van der Waals surface area contributed by atoms with Crippen LogP contribution in [0.2, 0.25) is 0 Å². The summed E-state index contributed by atoms with van der Waals surface area (Å²) in [5.74, 6) is -1.22. The molecule has 3 aromatic carbocycles. The van der Waals surface area contributed by atoms with Gasteiger partial charge < -0.3 is 19.5 Å². The zero-order valence-corrected chi connectivity index (χ0v) is 39.5. The van der Waals surface area contributed by atoms with Crippen molar-refractivity contribution in [3.8, 4) is 17.2 Å². The minimum Gasteiger partial charge on any atom is -0.376 e. The molecule has 3 aliphatic heterocycles. The Morgan fingerprint density at radius 2 is 1.68 bits per heavy atom. The Hall–Kier alpha value is -6.92. The minimum absolute atomic E-state index is 0.0135. The van der Waals surface area contributed by atoms with Gasteiger partial charge in [-0.2, -0.15) is 10.2 Å². The molecule has 356 valence electrons. The highest BCUT2D eigenvalue weighted by Crippen LogP contribution is 2.56. The maximum absolute atomic E-state index is 16.3. The van der Waals surface area contributed by atoms with E-state index in [1.54, 1.807) is 60.7 Å². The third kappa shape index (κ3) is 6.43. The first kappa shape index (κ1) is 43.4. The van der Waals surface area contributed by atoms with Crippen LogP contribution in [0.5, 0.6) is 0 Å². The molecule has 8 aromatic rings. The van der Waals surface area contributed by atoms with Gasteiger partial charge in [-0.05, 0) is 138 Å². The van der Waals surface area contributed by atoms with Gasteiger partial charge in [-0.1, -0.05) is 18.1 Å². The van der Waals surface area contributed by atoms with Crippen molar-refractivity contribution in [2.24, 2.45) is 13.0 Å². The van der Waals surface area contributed by atoms with E-state index in [0.717, 1.165) is 29.3 Å². The maximum Gasteiger partial charge on any atom is 0.438 e. The van der Waals surface area contributed by atoms with E-state index in [4.69, 9.17) is 14.4 Å². The third-order valence-electron chi connectivity index (χ3n) is 15.7. The molecule has 1 aliphatic carbocycles. The van der Waals surface area contributed by atoms with E-state index >= 15 is 13.6 Å². The summed E-state index contributed by atoms with van der Waals surface area (Å²) >= 11 is 0. The van der Waals surface area contributed by atoms with E-state index in [2.05, 4.69) is 64.1 Å². The number of benzene rings is 3. The maximum atomic E-state index is 16.3. The van der Waals surface area contributed by atoms with Crippen LogP contribution in [0.15, 0.2) is 81.2 Å². The first-order valence-electron chi connectivity index (χ1n) is 23.8. The fourth-order valence-electron chi connectivity index (χ4n) is 12.2. The van der Waals surface area contributed by atoms with Crippen molar-refractivity contribution in [2.45, 2.75) is 102 Å². The highest BCUT2D eigenvalue weighted by molar-refractivity contribution is 6.00. The van der Waals surface area contributed by atoms with Crippen LogP contribution in [0, 0.1) is 31.4 Å². The number of carbonyl (C=O) groups is 1. The lowest BCUT2D eigenvalue weighted by molar-refractivity contribution is -0.0592. The van der Waals surface area contributed by atoms with E-state index in [-0.39, 0.29) is 52.2 Å². The molecule has 4 aliphatic rings. The number of fused-ring (bicyclic) bond motifs is 5. The summed E-state index contributed by atoms with van der Waals surface area (Å²) in [6, 6.07) is 14.1. The molecule has 0 spiro atoms. The van der Waals surface area contributed by atoms with Gasteiger partial charge in [0, 0.05) is 61.0 Å². The molecule has 1 saturated carbocycles. The van der Waals surface area contributed by atoms with E-state index in [0.29, 0.717) is 83.5 Å². The lowest BCUT2D eigenvalue weighted by Crippen LogP contribution is -2.55. The number of piperidine rings is 1. The minimum atomic E-state index is -0.878. The summed E-state index contributed by atoms with van der Waals surface area (Å²) in [7, 11) is 1.72. The number of ether oxygens (including phenoxy) is 1. The molecule has 1 amide bonds. The van der Waals surface area contributed by atoms with Crippen LogP contribution in [0.3, 0.4) is 0 Å². The normalized spacial score (nSPS) is 24.2. The average Bonchev–Trinajstić information content (AvgIpc) is 3.96. The zero-order chi connectivity index (χ0) is 48.0. The second-order valence-electron chi connectivity index (χ2n) is 20.4. The average molecular weight is 938 g/mol. The largest absolute Gasteiger partial charge is 0.438 e. The molecule has 12 rings (SSSR count). The van der Waals surface area contributed by atoms with Crippen molar-refractivity contribution >= 4 is 27.7 Å². The number of carbonyl (C=O) groups excluding carboxylic acids is 1. The molecule has 6 atom stereocenters. The molecule has 5 aromatic heterocycles. The lowest BCUT2D eigenvalue weighted by atomic mass is 9.80. The molecule has 69 heavy (non-hydrogen) atoms. The van der Waals surface area contributed by atoms with Crippen molar-refractivity contribution in [1.82, 2.24) is 53.6 Å². The number of aromatic nitrogens is 9. The fraction of sp³-hybridized carbons (Fsp3) is 0.412. The molecular weight excluding hydrogens is 885 g/mol. The van der Waals surface area contributed by atoms with Gasteiger partial charge in [0.2, 0.25) is 0 Å². The number of aryl methyl sites for hydroxylation is 3. The molecule has 16 nitrogen and oxygen atoms in total. The number of rotatable bonds is 7. The predicted octanol–water partition coefficient (Wildman–Crippen LogP) is 7.35. The number of imidazole rings is 1. The van der Waals surface area contributed by atoms with Crippen LogP contribution >= 0.6 is 0 Å². The number of H-pyrrole nitrogens is 1. The first-order valence-corrected chi connectivity index (χ1v) is 23.8. The second kappa shape index (κ2) is 15.3. The number of hydrogen-bond acceptors (Lipinski definition) is 9. The summed E-state index contributed by atoms with van der Waals surface area (Å²) < 4.78 is 50.8. The van der Waals surface area contributed by atoms with E-state index in [9.17, 15) is 9.59 Å². The topological polar surface area (TPSA) is 168 Å². The van der Waals surface area contributed by atoms with Gasteiger partial charge in [0.1, 0.15) is 22.9 Å². The van der Waals surface area contributed by atoms with Gasteiger partial charge in [0.25, 0.3) is 5.91 Å². The molecule has 18 heteroatoms. The molecular formula is C51H53F2N11O5. The number of hydrogen-bond donors (Lipinski definition) is 2. The number of amides is 1. The first-order chi connectivity index (χ1) is 33.1. The summed E-state index contributed by atoms with van der Waals surface area (Å²) in [6.07, 6.45) is 7.49. The van der Waals surface area contributed by atoms with Crippen molar-refractivity contribution in [2.75, 3.05) is 19.7 Å². The number of nitrogens with one attached hydrogen (secondary N) is 2. The smallest absolute Gasteiger partial charge is 0.376 e. The van der Waals surface area contributed by atoms with Crippen molar-refractivity contribution in [1.29, 1.82) is 0 Å². The summed E-state index contributed by atoms with van der Waals surface area (Å²) in [6.45, 7) is 13.5.